The molecule has 0 saturated heterocycles. The summed E-state index contributed by atoms with van der Waals surface area (Å²) in [5, 5.41) is 0. The fraction of sp³-hybridized carbons (Fsp3) is 0. The summed E-state index contributed by atoms with van der Waals surface area (Å²) in [6.07, 6.45) is 0. The normalized spacial score (nSPS) is 9.00. The van der Waals surface area contributed by atoms with Crippen molar-refractivity contribution in [3.05, 3.63) is 0 Å². The fourth-order valence-electron chi connectivity index (χ4n) is 0. The third-order valence-corrected chi connectivity index (χ3v) is 0. The third kappa shape index (κ3) is 23.9. The van der Waals surface area contributed by atoms with Gasteiger partial charge in [-0.05, 0) is 0 Å². The van der Waals surface area contributed by atoms with Crippen molar-refractivity contribution < 1.29 is 30.6 Å². The molecule has 0 radical (unpaired) electrons. The molecule has 5 heteroatoms. The quantitative estimate of drug-likeness (QED) is 0.587. The molecule has 0 N–H and O–H groups in total. The van der Waals surface area contributed by atoms with Gasteiger partial charge in [0.2, 0.25) is 0 Å². The van der Waals surface area contributed by atoms with E-state index in [1.165, 1.54) is 0 Å². The summed E-state index contributed by atoms with van der Waals surface area (Å²) >= 11 is -1.33. The van der Waals surface area contributed by atoms with Crippen LogP contribution in [0.25, 0.3) is 0 Å². The van der Waals surface area contributed by atoms with E-state index in [-0.39, 0.29) is 19.5 Å². The zero-order valence-corrected chi connectivity index (χ0v) is 6.95. The van der Waals surface area contributed by atoms with Crippen molar-refractivity contribution in [1.29, 1.82) is 0 Å². The van der Waals surface area contributed by atoms with E-state index in [1.807, 2.05) is 0 Å². The summed E-state index contributed by atoms with van der Waals surface area (Å²) in [6.45, 7) is 0. The minimum absolute atomic E-state index is 0. The molecule has 0 unspecified atom stereocenters. The van der Waals surface area contributed by atoms with Crippen LogP contribution in [0.4, 0.5) is 0 Å². The van der Waals surface area contributed by atoms with Crippen molar-refractivity contribution >= 4 is 30.3 Å². The maximum absolute atomic E-state index is 4.89. The monoisotopic (exact) mass is 263 g/mol. The van der Waals surface area contributed by atoms with Gasteiger partial charge in [-0.25, -0.2) is 0 Å². The van der Waals surface area contributed by atoms with Crippen LogP contribution in [0.15, 0.2) is 0 Å². The van der Waals surface area contributed by atoms with Gasteiger partial charge in [-0.3, -0.25) is 0 Å². The molecule has 0 saturated carbocycles. The van der Waals surface area contributed by atoms with Gasteiger partial charge in [0.25, 0.3) is 0 Å². The Morgan fingerprint density at radius 1 is 1.00 bits per heavy atom. The van der Waals surface area contributed by atoms with Gasteiger partial charge < -0.3 is 0 Å². The predicted molar refractivity (Wildman–Crippen MR) is 17.6 cm³/mol. The van der Waals surface area contributed by atoms with E-state index in [1.54, 1.807) is 0 Å². The van der Waals surface area contributed by atoms with Crippen molar-refractivity contribution in [1.82, 2.24) is 0 Å². The molecule has 0 amide bonds. The van der Waals surface area contributed by atoms with Crippen molar-refractivity contribution in [3.63, 3.8) is 0 Å². The molecule has 0 rings (SSSR count). The SMILES string of the molecule is [Cl][Fe]([Cl])[Cl].[Ru]. The van der Waals surface area contributed by atoms with Gasteiger partial charge >= 0.3 is 41.5 Å². The molecule has 0 spiro atoms. The summed E-state index contributed by atoms with van der Waals surface area (Å²) in [5.74, 6) is 0. The molecule has 0 bridgehead atoms. The number of hydrogen-bond donors (Lipinski definition) is 0. The Morgan fingerprint density at radius 3 is 1.00 bits per heavy atom. The van der Waals surface area contributed by atoms with Crippen LogP contribution in [0.1, 0.15) is 0 Å². The van der Waals surface area contributed by atoms with Crippen LogP contribution in [0.2, 0.25) is 0 Å². The predicted octanol–water partition coefficient (Wildman–Crippen LogP) is 2.06. The van der Waals surface area contributed by atoms with Crippen LogP contribution in [0.5, 0.6) is 0 Å². The molecule has 0 fully saturated rings. The summed E-state index contributed by atoms with van der Waals surface area (Å²) in [4.78, 5) is 0. The Kier molecular flexibility index (Phi) is 12.1. The Hall–Kier alpha value is 2.01. The van der Waals surface area contributed by atoms with Gasteiger partial charge in [0.05, 0.1) is 0 Å². The first-order chi connectivity index (χ1) is 1.73. The molecule has 5 heavy (non-hydrogen) atoms. The van der Waals surface area contributed by atoms with E-state index >= 15 is 0 Å². The van der Waals surface area contributed by atoms with Crippen LogP contribution in [0, 0.1) is 0 Å². The Bertz CT molecular complexity index is 11.6. The van der Waals surface area contributed by atoms with Crippen LogP contribution >= 0.6 is 30.3 Å². The van der Waals surface area contributed by atoms with Gasteiger partial charge in [-0.15, -0.1) is 0 Å². The van der Waals surface area contributed by atoms with E-state index < -0.39 is 11.2 Å². The fourth-order valence-corrected chi connectivity index (χ4v) is 0. The van der Waals surface area contributed by atoms with Crippen molar-refractivity contribution in [2.45, 2.75) is 0 Å². The van der Waals surface area contributed by atoms with Crippen molar-refractivity contribution in [2.75, 3.05) is 0 Å². The molecule has 0 aliphatic carbocycles. The van der Waals surface area contributed by atoms with Gasteiger partial charge in [0.15, 0.2) is 0 Å². The molecular formula is Cl3FeRu. The number of halogens is 3. The summed E-state index contributed by atoms with van der Waals surface area (Å²) < 4.78 is 0. The zero-order valence-electron chi connectivity index (χ0n) is 1.84. The summed E-state index contributed by atoms with van der Waals surface area (Å²) in [7, 11) is 14.7. The van der Waals surface area contributed by atoms with Gasteiger partial charge in [-0.1, -0.05) is 0 Å². The van der Waals surface area contributed by atoms with Crippen molar-refractivity contribution in [3.8, 4) is 0 Å². The third-order valence-electron chi connectivity index (χ3n) is 0. The minimum Gasteiger partial charge on any atom is 0 e. The minimum atomic E-state index is -1.33. The van der Waals surface area contributed by atoms with Gasteiger partial charge in [-0.2, -0.15) is 0 Å². The summed E-state index contributed by atoms with van der Waals surface area (Å²) in [5.41, 5.74) is 0. The second-order valence-electron chi connectivity index (χ2n) is 0.152. The standard InChI is InChI=1S/3ClH.Fe.Ru/h3*1H;;/q;;;+3;/p-3. The second kappa shape index (κ2) is 6.01. The smallest absolute Gasteiger partial charge is 0 e. The first-order valence-corrected chi connectivity index (χ1v) is 4.96. The maximum Gasteiger partial charge on any atom is 0 e. The van der Waals surface area contributed by atoms with Gasteiger partial charge in [0, 0.05) is 19.5 Å². The molecular weight excluding hydrogens is 263 g/mol. The molecule has 0 aliphatic rings. The molecule has 0 aliphatic heterocycles. The molecule has 0 aromatic carbocycles. The molecule has 0 nitrogen and oxygen atoms in total. The maximum atomic E-state index is 4.89. The molecule has 0 heterocycles. The van der Waals surface area contributed by atoms with Crippen LogP contribution in [-0.4, -0.2) is 0 Å². The largest absolute Gasteiger partial charge is 0 e. The van der Waals surface area contributed by atoms with Crippen LogP contribution < -0.4 is 0 Å². The molecule has 0 atom stereocenters. The van der Waals surface area contributed by atoms with E-state index in [0.29, 0.717) is 0 Å². The average molecular weight is 263 g/mol. The number of rotatable bonds is 0. The average Bonchev–Trinajstić information content (AvgIpc) is 0.811. The Balaban J connectivity index is 0. The zero-order chi connectivity index (χ0) is 3.58. The van der Waals surface area contributed by atoms with Crippen molar-refractivity contribution in [2.24, 2.45) is 0 Å². The first-order valence-electron chi connectivity index (χ1n) is 0.401. The number of hydrogen-bond acceptors (Lipinski definition) is 0. The van der Waals surface area contributed by atoms with Gasteiger partial charge in [0.1, 0.15) is 0 Å². The first kappa shape index (κ1) is 10.1. The Labute approximate surface area is 60.5 Å². The van der Waals surface area contributed by atoms with Crippen LogP contribution in [0.3, 0.4) is 0 Å². The molecule has 0 aromatic rings. The van der Waals surface area contributed by atoms with E-state index in [2.05, 4.69) is 0 Å². The van der Waals surface area contributed by atoms with E-state index in [9.17, 15) is 0 Å². The molecule has 0 aromatic heterocycles. The summed E-state index contributed by atoms with van der Waals surface area (Å²) in [6, 6.07) is 0. The molecule has 37 valence electrons. The Morgan fingerprint density at radius 2 is 1.00 bits per heavy atom. The topological polar surface area (TPSA) is 0 Å². The van der Waals surface area contributed by atoms with Crippen LogP contribution in [-0.2, 0) is 30.6 Å². The second-order valence-corrected chi connectivity index (χ2v) is 5.62. The van der Waals surface area contributed by atoms with E-state index in [4.69, 9.17) is 30.3 Å². The van der Waals surface area contributed by atoms with E-state index in [0.717, 1.165) is 0 Å².